The molecule has 2 aliphatic heterocycles. The predicted octanol–water partition coefficient (Wildman–Crippen LogP) is 7.10. The monoisotopic (exact) mass is 1020 g/mol. The van der Waals surface area contributed by atoms with E-state index < -0.39 is 59.6 Å². The first-order valence-corrected chi connectivity index (χ1v) is 25.3. The number of amides is 6. The second-order valence-corrected chi connectivity index (χ2v) is 19.3. The molecule has 7 aromatic carbocycles. The predicted molar refractivity (Wildman–Crippen MR) is 298 cm³/mol. The molecule has 0 bridgehead atoms. The van der Waals surface area contributed by atoms with Gasteiger partial charge in [0.25, 0.3) is 23.6 Å². The minimum Gasteiger partial charge on any atom is -0.388 e. The summed E-state index contributed by atoms with van der Waals surface area (Å²) in [6.45, 7) is 7.04. The normalized spacial score (nSPS) is 16.2. The van der Waals surface area contributed by atoms with Crippen LogP contribution in [0.1, 0.15) is 62.4 Å². The van der Waals surface area contributed by atoms with Crippen LogP contribution in [-0.2, 0) is 32.3 Å². The van der Waals surface area contributed by atoms with E-state index in [1.54, 1.807) is 75.1 Å². The van der Waals surface area contributed by atoms with Crippen LogP contribution in [0.2, 0.25) is 0 Å². The molecule has 386 valence electrons. The highest BCUT2D eigenvalue weighted by Gasteiger charge is 2.41. The van der Waals surface area contributed by atoms with Gasteiger partial charge >= 0.3 is 0 Å². The van der Waals surface area contributed by atoms with Crippen LogP contribution in [0.5, 0.6) is 0 Å². The zero-order valence-electron chi connectivity index (χ0n) is 43.5. The van der Waals surface area contributed by atoms with Crippen molar-refractivity contribution in [3.8, 4) is 6.07 Å². The Balaban J connectivity index is 1.10. The zero-order valence-corrected chi connectivity index (χ0v) is 43.5. The molecular weight excluding hydrogens is 957 g/mol. The number of likely N-dealkylation sites (N-methyl/N-ethyl adjacent to an activating group) is 2. The topological polar surface area (TPSA) is 199 Å². The number of nitrogens with zero attached hydrogens (tertiary/aromatic N) is 5. The van der Waals surface area contributed by atoms with Crippen LogP contribution < -0.4 is 46.2 Å². The van der Waals surface area contributed by atoms with Crippen molar-refractivity contribution in [2.24, 2.45) is 0 Å². The third-order valence-corrected chi connectivity index (χ3v) is 14.7. The average molecular weight is 1020 g/mol. The lowest BCUT2D eigenvalue weighted by Crippen LogP contribution is -2.55. The van der Waals surface area contributed by atoms with Gasteiger partial charge in [0.15, 0.2) is 0 Å². The summed E-state index contributed by atoms with van der Waals surface area (Å²) in [4.78, 5) is 93.7. The molecule has 4 atom stereocenters. The van der Waals surface area contributed by atoms with Crippen molar-refractivity contribution < 1.29 is 28.8 Å². The Labute approximate surface area is 441 Å². The summed E-state index contributed by atoms with van der Waals surface area (Å²) >= 11 is 0. The quantitative estimate of drug-likeness (QED) is 0.0795. The van der Waals surface area contributed by atoms with Crippen molar-refractivity contribution >= 4 is 85.4 Å². The number of carbonyl (C=O) groups excluding carboxylic acids is 6. The average Bonchev–Trinajstić information content (AvgIpc) is 3.65. The van der Waals surface area contributed by atoms with Crippen molar-refractivity contribution in [2.45, 2.75) is 65.0 Å². The summed E-state index contributed by atoms with van der Waals surface area (Å²) in [5.74, 6) is -2.80. The van der Waals surface area contributed by atoms with E-state index in [4.69, 9.17) is 0 Å². The Morgan fingerprint density at radius 2 is 1.00 bits per heavy atom. The van der Waals surface area contributed by atoms with E-state index >= 15 is 19.2 Å². The molecule has 7 aromatic rings. The fraction of sp³-hybridized carbons (Fsp3) is 0.250. The van der Waals surface area contributed by atoms with E-state index in [0.717, 1.165) is 43.8 Å². The van der Waals surface area contributed by atoms with Gasteiger partial charge in [0.05, 0.1) is 72.6 Å². The third-order valence-electron chi connectivity index (χ3n) is 14.7. The molecule has 0 radical (unpaired) electrons. The van der Waals surface area contributed by atoms with Crippen LogP contribution in [0.4, 0.5) is 28.4 Å². The highest BCUT2D eigenvalue weighted by atomic mass is 16.2. The van der Waals surface area contributed by atoms with Crippen LogP contribution in [0, 0.1) is 25.2 Å². The van der Waals surface area contributed by atoms with Gasteiger partial charge in [-0.3, -0.25) is 28.8 Å². The molecule has 16 nitrogen and oxygen atoms in total. The summed E-state index contributed by atoms with van der Waals surface area (Å²) in [7, 11) is 5.04. The van der Waals surface area contributed by atoms with Gasteiger partial charge in [-0.25, -0.2) is 0 Å². The maximum absolute atomic E-state index is 15.2. The number of hydrogen-bond acceptors (Lipinski definition) is 10. The van der Waals surface area contributed by atoms with Crippen molar-refractivity contribution in [1.29, 1.82) is 5.26 Å². The molecule has 0 aromatic heterocycles. The first kappa shape index (κ1) is 52.0. The SMILES string of the molecule is CNc1ccc2c(c1)N(C(=O)c1ccc(C(=O)N3C[C@H](NC(=O)[C@H](C)NC)C(=O)N(Cc4c(C)ccc5ccccc45)c4ccc(C#N)cc43)cc1)C[C@H](NC(=O)[C@H](C)NC)C(=O)N2Cc1c(C)ccc2ccccc12. The molecule has 76 heavy (non-hydrogen) atoms. The van der Waals surface area contributed by atoms with Gasteiger partial charge in [0.1, 0.15) is 12.1 Å². The molecule has 0 saturated carbocycles. The number of fused-ring (bicyclic) bond motifs is 4. The maximum Gasteiger partial charge on any atom is 0.258 e. The van der Waals surface area contributed by atoms with E-state index in [1.165, 1.54) is 34.1 Å². The molecule has 6 amide bonds. The van der Waals surface area contributed by atoms with Crippen molar-refractivity contribution in [1.82, 2.24) is 21.3 Å². The first-order chi connectivity index (χ1) is 36.6. The van der Waals surface area contributed by atoms with Crippen molar-refractivity contribution in [3.63, 3.8) is 0 Å². The summed E-state index contributed by atoms with van der Waals surface area (Å²) in [6, 6.07) is 38.6. The van der Waals surface area contributed by atoms with E-state index in [1.807, 2.05) is 92.7 Å². The molecule has 0 unspecified atom stereocenters. The zero-order chi connectivity index (χ0) is 53.9. The summed E-state index contributed by atoms with van der Waals surface area (Å²) < 4.78 is 0. The number of nitriles is 1. The molecule has 2 heterocycles. The smallest absolute Gasteiger partial charge is 0.258 e. The van der Waals surface area contributed by atoms with Crippen molar-refractivity contribution in [3.05, 3.63) is 172 Å². The van der Waals surface area contributed by atoms with Gasteiger partial charge in [-0.05, 0) is 146 Å². The Hall–Kier alpha value is -8.91. The molecule has 0 aliphatic carbocycles. The first-order valence-electron chi connectivity index (χ1n) is 25.3. The van der Waals surface area contributed by atoms with Gasteiger partial charge in [-0.2, -0.15) is 5.26 Å². The van der Waals surface area contributed by atoms with Gasteiger partial charge in [0, 0.05) is 23.9 Å². The van der Waals surface area contributed by atoms with E-state index in [2.05, 4.69) is 32.7 Å². The molecule has 0 spiro atoms. The highest BCUT2D eigenvalue weighted by molar-refractivity contribution is 6.16. The number of anilines is 5. The van der Waals surface area contributed by atoms with Crippen LogP contribution in [0.15, 0.2) is 133 Å². The molecule has 5 N–H and O–H groups in total. The molecule has 0 fully saturated rings. The summed E-state index contributed by atoms with van der Waals surface area (Å²) in [5, 5.41) is 28.9. The third kappa shape index (κ3) is 10.1. The molecule has 0 saturated heterocycles. The Morgan fingerprint density at radius 3 is 1.43 bits per heavy atom. The molecule has 9 rings (SSSR count). The standard InChI is InChI=1S/C60H60N10O6/c1-35-16-19-40-12-8-10-14-45(40)47(35)31-67-51-26-18-39(30-61)28-53(51)69(33-49(59(67)75)65-55(71)37(3)62-5)57(73)42-21-23-43(24-22-42)58(74)70-34-50(66-56(72)38(4)63-6)60(76)68(52-27-25-44(64-7)29-54(52)70)32-48-36(2)17-20-41-13-9-11-15-46(41)48/h8-29,37-38,49-50,62-64H,31-34H2,1-7H3,(H,65,71)(H,66,72)/t37-,38-,49-,50-/m0/s1. The number of rotatable bonds is 13. The number of benzene rings is 7. The number of nitrogens with one attached hydrogen (secondary N) is 5. The minimum absolute atomic E-state index is 0.0956. The lowest BCUT2D eigenvalue weighted by Gasteiger charge is -2.27. The molecule has 2 aliphatic rings. The number of aryl methyl sites for hydroxylation is 2. The van der Waals surface area contributed by atoms with Crippen LogP contribution in [0.3, 0.4) is 0 Å². The summed E-state index contributed by atoms with van der Waals surface area (Å²) in [6.07, 6.45) is 0. The Kier molecular flexibility index (Phi) is 15.0. The molecular formula is C60H60N10O6. The lowest BCUT2D eigenvalue weighted by molar-refractivity contribution is -0.128. The van der Waals surface area contributed by atoms with Crippen molar-refractivity contribution in [2.75, 3.05) is 59.1 Å². The van der Waals surface area contributed by atoms with E-state index in [0.29, 0.717) is 22.7 Å². The van der Waals surface area contributed by atoms with E-state index in [9.17, 15) is 14.9 Å². The lowest BCUT2D eigenvalue weighted by atomic mass is 9.98. The Bertz CT molecular complexity index is 3500. The maximum atomic E-state index is 15.2. The second kappa shape index (κ2) is 21.9. The fourth-order valence-electron chi connectivity index (χ4n) is 9.97. The second-order valence-electron chi connectivity index (χ2n) is 19.3. The van der Waals surface area contributed by atoms with Gasteiger partial charge < -0.3 is 46.2 Å². The minimum atomic E-state index is -1.22. The summed E-state index contributed by atoms with van der Waals surface area (Å²) in [5.41, 5.74) is 6.46. The van der Waals surface area contributed by atoms with Crippen LogP contribution in [0.25, 0.3) is 21.5 Å². The van der Waals surface area contributed by atoms with Gasteiger partial charge in [-0.15, -0.1) is 0 Å². The highest BCUT2D eigenvalue weighted by Crippen LogP contribution is 2.40. The Morgan fingerprint density at radius 1 is 0.566 bits per heavy atom. The molecule has 16 heteroatoms. The van der Waals surface area contributed by atoms with Gasteiger partial charge in [0.2, 0.25) is 11.8 Å². The van der Waals surface area contributed by atoms with Crippen LogP contribution in [-0.4, -0.2) is 93.8 Å². The number of carbonyl (C=O) groups is 6. The van der Waals surface area contributed by atoms with Crippen LogP contribution >= 0.6 is 0 Å². The fourth-order valence-corrected chi connectivity index (χ4v) is 9.97. The number of hydrogen-bond donors (Lipinski definition) is 5. The van der Waals surface area contributed by atoms with Gasteiger partial charge in [-0.1, -0.05) is 72.8 Å². The van der Waals surface area contributed by atoms with E-state index in [-0.39, 0.29) is 48.6 Å². The largest absolute Gasteiger partial charge is 0.388 e.